The fourth-order valence-electron chi connectivity index (χ4n) is 2.57. The number of carbonyl (C=O) groups excluding carboxylic acids is 1. The van der Waals surface area contributed by atoms with Crippen LogP contribution in [0.4, 0.5) is 0 Å². The van der Waals surface area contributed by atoms with Gasteiger partial charge < -0.3 is 14.4 Å². The van der Waals surface area contributed by atoms with Gasteiger partial charge in [0, 0.05) is 18.0 Å². The molecule has 0 aliphatic rings. The van der Waals surface area contributed by atoms with Gasteiger partial charge in [0.05, 0.1) is 12.6 Å². The molecular formula is C18H15NO4. The number of hydrogen-bond donors (Lipinski definition) is 1. The lowest BCUT2D eigenvalue weighted by atomic mass is 10.0. The largest absolute Gasteiger partial charge is 0.506 e. The van der Waals surface area contributed by atoms with E-state index >= 15 is 0 Å². The third-order valence-electron chi connectivity index (χ3n) is 3.86. The van der Waals surface area contributed by atoms with Crippen LogP contribution >= 0.6 is 0 Å². The number of aryl methyl sites for hydroxylation is 1. The second-order valence-electron chi connectivity index (χ2n) is 5.16. The van der Waals surface area contributed by atoms with Crippen LogP contribution in [0.3, 0.4) is 0 Å². The van der Waals surface area contributed by atoms with Gasteiger partial charge in [-0.05, 0) is 36.4 Å². The molecule has 0 aliphatic carbocycles. The van der Waals surface area contributed by atoms with E-state index < -0.39 is 11.3 Å². The summed E-state index contributed by atoms with van der Waals surface area (Å²) in [7, 11) is 3.11. The highest BCUT2D eigenvalue weighted by atomic mass is 16.5. The molecule has 1 N–H and O–H groups in total. The predicted octanol–water partition coefficient (Wildman–Crippen LogP) is 2.48. The normalized spacial score (nSPS) is 10.7. The third kappa shape index (κ3) is 2.36. The van der Waals surface area contributed by atoms with E-state index in [1.165, 1.54) is 11.7 Å². The number of methoxy groups -OCH3 is 1. The van der Waals surface area contributed by atoms with Crippen molar-refractivity contribution < 1.29 is 14.6 Å². The SMILES string of the molecule is COc1ccc(C(=O)c2c(O)c3ccccc3n(C)c2=O)cc1. The van der Waals surface area contributed by atoms with Gasteiger partial charge in [0.15, 0.2) is 0 Å². The van der Waals surface area contributed by atoms with Gasteiger partial charge in [-0.1, -0.05) is 12.1 Å². The van der Waals surface area contributed by atoms with Crippen molar-refractivity contribution in [3.8, 4) is 11.5 Å². The average Bonchev–Trinajstić information content (AvgIpc) is 2.60. The van der Waals surface area contributed by atoms with Crippen LogP contribution in [0.15, 0.2) is 53.3 Å². The molecular weight excluding hydrogens is 294 g/mol. The molecule has 0 bridgehead atoms. The van der Waals surface area contributed by atoms with Gasteiger partial charge in [-0.25, -0.2) is 0 Å². The Morgan fingerprint density at radius 3 is 2.39 bits per heavy atom. The van der Waals surface area contributed by atoms with Crippen LogP contribution in [-0.2, 0) is 7.05 Å². The molecule has 1 heterocycles. The summed E-state index contributed by atoms with van der Waals surface area (Å²) in [6.07, 6.45) is 0. The van der Waals surface area contributed by atoms with E-state index in [4.69, 9.17) is 4.74 Å². The Morgan fingerprint density at radius 1 is 1.09 bits per heavy atom. The fourth-order valence-corrected chi connectivity index (χ4v) is 2.57. The number of ether oxygens (including phenoxy) is 1. The minimum Gasteiger partial charge on any atom is -0.506 e. The summed E-state index contributed by atoms with van der Waals surface area (Å²) < 4.78 is 6.42. The maximum Gasteiger partial charge on any atom is 0.265 e. The number of fused-ring (bicyclic) bond motifs is 1. The number of benzene rings is 2. The number of para-hydroxylation sites is 1. The molecule has 0 saturated carbocycles. The van der Waals surface area contributed by atoms with Gasteiger partial charge >= 0.3 is 0 Å². The van der Waals surface area contributed by atoms with Crippen LogP contribution in [0.25, 0.3) is 10.9 Å². The average molecular weight is 309 g/mol. The maximum absolute atomic E-state index is 12.7. The topological polar surface area (TPSA) is 68.5 Å². The molecule has 5 nitrogen and oxygen atoms in total. The van der Waals surface area contributed by atoms with Crippen molar-refractivity contribution in [3.63, 3.8) is 0 Å². The molecule has 1 aromatic heterocycles. The van der Waals surface area contributed by atoms with E-state index in [1.807, 2.05) is 0 Å². The molecule has 0 atom stereocenters. The maximum atomic E-state index is 12.7. The molecule has 23 heavy (non-hydrogen) atoms. The molecule has 0 unspecified atom stereocenters. The highest BCUT2D eigenvalue weighted by Gasteiger charge is 2.22. The Balaban J connectivity index is 2.22. The second-order valence-corrected chi connectivity index (χ2v) is 5.16. The van der Waals surface area contributed by atoms with Crippen molar-refractivity contribution >= 4 is 16.7 Å². The summed E-state index contributed by atoms with van der Waals surface area (Å²) >= 11 is 0. The monoisotopic (exact) mass is 309 g/mol. The van der Waals surface area contributed by atoms with Crippen LogP contribution in [0.5, 0.6) is 11.5 Å². The standard InChI is InChI=1S/C18H15NO4/c1-19-14-6-4-3-5-13(14)17(21)15(18(19)22)16(20)11-7-9-12(23-2)10-8-11/h3-10,21H,1-2H3. The molecule has 0 spiro atoms. The summed E-state index contributed by atoms with van der Waals surface area (Å²) in [4.78, 5) is 25.2. The number of nitrogens with zero attached hydrogens (tertiary/aromatic N) is 1. The number of pyridine rings is 1. The Hall–Kier alpha value is -3.08. The number of hydrogen-bond acceptors (Lipinski definition) is 4. The summed E-state index contributed by atoms with van der Waals surface area (Å²) in [5.74, 6) is -0.196. The van der Waals surface area contributed by atoms with Crippen molar-refractivity contribution in [2.45, 2.75) is 0 Å². The summed E-state index contributed by atoms with van der Waals surface area (Å²) in [5, 5.41) is 10.9. The minimum absolute atomic E-state index is 0.226. The van der Waals surface area contributed by atoms with Crippen LogP contribution in [0.1, 0.15) is 15.9 Å². The quantitative estimate of drug-likeness (QED) is 0.755. The smallest absolute Gasteiger partial charge is 0.265 e. The van der Waals surface area contributed by atoms with Gasteiger partial charge in [-0.15, -0.1) is 0 Å². The van der Waals surface area contributed by atoms with E-state index in [-0.39, 0.29) is 11.3 Å². The number of aromatic hydroxyl groups is 1. The third-order valence-corrected chi connectivity index (χ3v) is 3.86. The lowest BCUT2D eigenvalue weighted by Crippen LogP contribution is -2.25. The van der Waals surface area contributed by atoms with Gasteiger partial charge in [-0.2, -0.15) is 0 Å². The Kier molecular flexibility index (Phi) is 3.62. The first-order valence-corrected chi connectivity index (χ1v) is 7.04. The molecule has 3 rings (SSSR count). The van der Waals surface area contributed by atoms with Crippen molar-refractivity contribution in [1.82, 2.24) is 4.57 Å². The molecule has 0 aliphatic heterocycles. The van der Waals surface area contributed by atoms with Gasteiger partial charge in [-0.3, -0.25) is 9.59 Å². The molecule has 0 radical (unpaired) electrons. The van der Waals surface area contributed by atoms with E-state index in [9.17, 15) is 14.7 Å². The van der Waals surface area contributed by atoms with Crippen molar-refractivity contribution in [3.05, 3.63) is 70.0 Å². The number of ketones is 1. The molecule has 5 heteroatoms. The molecule has 0 amide bonds. The zero-order valence-corrected chi connectivity index (χ0v) is 12.7. The van der Waals surface area contributed by atoms with Crippen molar-refractivity contribution in [1.29, 1.82) is 0 Å². The van der Waals surface area contributed by atoms with Crippen LogP contribution in [0.2, 0.25) is 0 Å². The zero-order chi connectivity index (χ0) is 16.6. The first kappa shape index (κ1) is 14.8. The lowest BCUT2D eigenvalue weighted by Gasteiger charge is -2.11. The van der Waals surface area contributed by atoms with Crippen molar-refractivity contribution in [2.75, 3.05) is 7.11 Å². The lowest BCUT2D eigenvalue weighted by molar-refractivity contribution is 0.103. The molecule has 2 aromatic carbocycles. The number of aromatic nitrogens is 1. The van der Waals surface area contributed by atoms with E-state index in [2.05, 4.69) is 0 Å². The van der Waals surface area contributed by atoms with E-state index in [1.54, 1.807) is 55.6 Å². The van der Waals surface area contributed by atoms with Crippen molar-refractivity contribution in [2.24, 2.45) is 7.05 Å². The van der Waals surface area contributed by atoms with Crippen LogP contribution in [-0.4, -0.2) is 22.6 Å². The second kappa shape index (κ2) is 5.61. The number of carbonyl (C=O) groups is 1. The van der Waals surface area contributed by atoms with Crippen LogP contribution < -0.4 is 10.3 Å². The minimum atomic E-state index is -0.526. The Morgan fingerprint density at radius 2 is 1.74 bits per heavy atom. The first-order valence-electron chi connectivity index (χ1n) is 7.04. The predicted molar refractivity (Wildman–Crippen MR) is 87.3 cm³/mol. The van der Waals surface area contributed by atoms with Gasteiger partial charge in [0.1, 0.15) is 17.1 Å². The van der Waals surface area contributed by atoms with E-state index in [0.29, 0.717) is 22.2 Å². The Labute approximate surface area is 132 Å². The molecule has 0 saturated heterocycles. The first-order chi connectivity index (χ1) is 11.0. The molecule has 0 fully saturated rings. The summed E-state index contributed by atoms with van der Waals surface area (Å²) in [6.45, 7) is 0. The van der Waals surface area contributed by atoms with E-state index in [0.717, 1.165) is 0 Å². The Bertz CT molecular complexity index is 955. The van der Waals surface area contributed by atoms with Crippen LogP contribution in [0, 0.1) is 0 Å². The molecule has 3 aromatic rings. The molecule has 116 valence electrons. The highest BCUT2D eigenvalue weighted by Crippen LogP contribution is 2.27. The zero-order valence-electron chi connectivity index (χ0n) is 12.7. The highest BCUT2D eigenvalue weighted by molar-refractivity contribution is 6.12. The summed E-state index contributed by atoms with van der Waals surface area (Å²) in [5.41, 5.74) is 0.133. The van der Waals surface area contributed by atoms with Gasteiger partial charge in [0.25, 0.3) is 5.56 Å². The summed E-state index contributed by atoms with van der Waals surface area (Å²) in [6, 6.07) is 13.3. The fraction of sp³-hybridized carbons (Fsp3) is 0.111. The van der Waals surface area contributed by atoms with Gasteiger partial charge in [0.2, 0.25) is 5.78 Å². The number of rotatable bonds is 3.